The summed E-state index contributed by atoms with van der Waals surface area (Å²) in [5.41, 5.74) is 5.15. The second-order valence-electron chi connectivity index (χ2n) is 12.6. The molecule has 4 rings (SSSR count). The summed E-state index contributed by atoms with van der Waals surface area (Å²) in [5.74, 6) is 0.850. The van der Waals surface area contributed by atoms with E-state index in [1.165, 1.54) is 22.0 Å². The molecule has 0 amide bonds. The first-order valence-electron chi connectivity index (χ1n) is 12.1. The van der Waals surface area contributed by atoms with Gasteiger partial charge in [0.1, 0.15) is 5.82 Å². The van der Waals surface area contributed by atoms with E-state index in [2.05, 4.69) is 91.3 Å². The molecule has 0 aliphatic carbocycles. The Labute approximate surface area is 201 Å². The van der Waals surface area contributed by atoms with Crippen LogP contribution in [0.1, 0.15) is 104 Å². The molecule has 3 nitrogen and oxygen atoms in total. The second-order valence-corrected chi connectivity index (χ2v) is 14.7. The molecule has 0 radical (unpaired) electrons. The monoisotopic (exact) mass is 470 g/mol. The Morgan fingerprint density at radius 3 is 2.18 bits per heavy atom. The Balaban J connectivity index is 2.00. The highest BCUT2D eigenvalue weighted by atomic mass is 31.1. The molecule has 0 fully saturated rings. The van der Waals surface area contributed by atoms with Crippen LogP contribution in [0.3, 0.4) is 0 Å². The van der Waals surface area contributed by atoms with Crippen molar-refractivity contribution < 1.29 is 9.23 Å². The van der Waals surface area contributed by atoms with Crippen molar-refractivity contribution in [1.82, 2.24) is 9.95 Å². The van der Waals surface area contributed by atoms with E-state index in [1.807, 2.05) is 6.07 Å². The van der Waals surface area contributed by atoms with Gasteiger partial charge in [-0.3, -0.25) is 0 Å². The largest absolute Gasteiger partial charge is 0.386 e. The van der Waals surface area contributed by atoms with Gasteiger partial charge in [-0.2, -0.15) is 5.01 Å². The molecule has 180 valence electrons. The third kappa shape index (κ3) is 4.35. The van der Waals surface area contributed by atoms with Gasteiger partial charge in [-0.1, -0.05) is 60.6 Å². The van der Waals surface area contributed by atoms with Crippen LogP contribution in [0.4, 0.5) is 4.39 Å². The van der Waals surface area contributed by atoms with Crippen molar-refractivity contribution in [2.45, 2.75) is 104 Å². The third-order valence-electron chi connectivity index (χ3n) is 6.78. The van der Waals surface area contributed by atoms with Gasteiger partial charge in [0.05, 0.1) is 8.07 Å². The Bertz CT molecular complexity index is 1060. The molecule has 0 spiro atoms. The normalized spacial score (nSPS) is 21.8. The van der Waals surface area contributed by atoms with Crippen LogP contribution in [0.25, 0.3) is 0 Å². The van der Waals surface area contributed by atoms with Crippen molar-refractivity contribution in [1.29, 1.82) is 0 Å². The van der Waals surface area contributed by atoms with Gasteiger partial charge in [-0.05, 0) is 72.3 Å². The number of rotatable bonds is 1. The van der Waals surface area contributed by atoms with Crippen molar-refractivity contribution in [3.05, 3.63) is 58.4 Å². The molecule has 0 aromatic heterocycles. The Hall–Kier alpha value is -1.48. The van der Waals surface area contributed by atoms with E-state index in [0.29, 0.717) is 12.2 Å². The molecular formula is C28H40FN2OP. The SMILES string of the molecule is CCC1c2cc(C(C)(C)C)cc(C(C)(C)C)c2ON2N(C(C)(C)C)Cc3cc(F)ccc3P12. The van der Waals surface area contributed by atoms with Crippen LogP contribution >= 0.6 is 8.07 Å². The standard InChI is InChI=1S/C28H40FN2OP/c1-11-23-21-15-19(26(2,3)4)16-22(27(5,6)7)25(21)32-31-30(28(8,9)10)17-18-14-20(29)12-13-24(18)33(23)31/h12-16,23H,11,17H2,1-10H3. The topological polar surface area (TPSA) is 15.7 Å². The Kier molecular flexibility index (Phi) is 6.00. The van der Waals surface area contributed by atoms with Gasteiger partial charge >= 0.3 is 0 Å². The third-order valence-corrected chi connectivity index (χ3v) is 9.61. The number of nitrogens with zero attached hydrogens (tertiary/aromatic N) is 2. The van der Waals surface area contributed by atoms with E-state index in [0.717, 1.165) is 17.7 Å². The molecule has 2 aliphatic rings. The van der Waals surface area contributed by atoms with E-state index in [9.17, 15) is 4.39 Å². The van der Waals surface area contributed by atoms with Crippen LogP contribution < -0.4 is 10.1 Å². The van der Waals surface area contributed by atoms with E-state index in [-0.39, 0.29) is 22.2 Å². The number of benzene rings is 2. The molecule has 2 aromatic carbocycles. The highest BCUT2D eigenvalue weighted by Crippen LogP contribution is 2.64. The Morgan fingerprint density at radius 1 is 0.970 bits per heavy atom. The zero-order valence-electron chi connectivity index (χ0n) is 22.0. The first-order valence-corrected chi connectivity index (χ1v) is 13.5. The van der Waals surface area contributed by atoms with E-state index in [4.69, 9.17) is 4.84 Å². The molecular weight excluding hydrogens is 430 g/mol. The van der Waals surface area contributed by atoms with Gasteiger partial charge < -0.3 is 4.84 Å². The Morgan fingerprint density at radius 2 is 1.64 bits per heavy atom. The molecule has 33 heavy (non-hydrogen) atoms. The van der Waals surface area contributed by atoms with Gasteiger partial charge in [0, 0.05) is 34.2 Å². The minimum absolute atomic E-state index is 0.0444. The predicted octanol–water partition coefficient (Wildman–Crippen LogP) is 7.73. The lowest BCUT2D eigenvalue weighted by molar-refractivity contribution is -0.191. The number of halogens is 1. The summed E-state index contributed by atoms with van der Waals surface area (Å²) in [6.07, 6.45) is 1.00. The summed E-state index contributed by atoms with van der Waals surface area (Å²) in [7, 11) is -0.854. The van der Waals surface area contributed by atoms with Crippen LogP contribution in [0.15, 0.2) is 30.3 Å². The molecule has 2 unspecified atom stereocenters. The van der Waals surface area contributed by atoms with Crippen molar-refractivity contribution in [3.8, 4) is 5.75 Å². The average molecular weight is 471 g/mol. The van der Waals surface area contributed by atoms with Crippen LogP contribution in [-0.2, 0) is 17.4 Å². The summed E-state index contributed by atoms with van der Waals surface area (Å²) in [5, 5.41) is 3.54. The van der Waals surface area contributed by atoms with Crippen molar-refractivity contribution in [2.75, 3.05) is 0 Å². The van der Waals surface area contributed by atoms with Gasteiger partial charge in [0.2, 0.25) is 0 Å². The van der Waals surface area contributed by atoms with Crippen LogP contribution in [0.5, 0.6) is 5.75 Å². The highest BCUT2D eigenvalue weighted by Gasteiger charge is 2.48. The number of hydrogen-bond donors (Lipinski definition) is 0. The summed E-state index contributed by atoms with van der Waals surface area (Å²) in [6, 6.07) is 10.1. The van der Waals surface area contributed by atoms with Crippen LogP contribution in [-0.4, -0.2) is 15.5 Å². The fourth-order valence-electron chi connectivity index (χ4n) is 4.81. The van der Waals surface area contributed by atoms with Gasteiger partial charge in [0.25, 0.3) is 0 Å². The maximum atomic E-state index is 14.3. The van der Waals surface area contributed by atoms with Crippen molar-refractivity contribution in [2.24, 2.45) is 0 Å². The lowest BCUT2D eigenvalue weighted by Gasteiger charge is -2.53. The van der Waals surface area contributed by atoms with E-state index >= 15 is 0 Å². The average Bonchev–Trinajstić information content (AvgIpc) is 2.68. The first kappa shape index (κ1) is 24.6. The maximum absolute atomic E-state index is 14.3. The van der Waals surface area contributed by atoms with Gasteiger partial charge in [0.15, 0.2) is 5.75 Å². The fraction of sp³-hybridized carbons (Fsp3) is 0.571. The molecule has 0 saturated carbocycles. The van der Waals surface area contributed by atoms with Crippen molar-refractivity contribution >= 4 is 13.4 Å². The number of hydrazine groups is 1. The smallest absolute Gasteiger partial charge is 0.157 e. The van der Waals surface area contributed by atoms with Gasteiger partial charge in [-0.25, -0.2) is 4.39 Å². The minimum Gasteiger partial charge on any atom is -0.386 e. The molecule has 2 heterocycles. The van der Waals surface area contributed by atoms with Crippen molar-refractivity contribution in [3.63, 3.8) is 0 Å². The zero-order chi connectivity index (χ0) is 24.5. The molecule has 0 bridgehead atoms. The second kappa shape index (κ2) is 8.04. The number of hydrogen-bond acceptors (Lipinski definition) is 3. The zero-order valence-corrected chi connectivity index (χ0v) is 22.9. The summed E-state index contributed by atoms with van der Waals surface area (Å²) in [4.78, 5) is 9.09. The summed E-state index contributed by atoms with van der Waals surface area (Å²) < 4.78 is 14.3. The maximum Gasteiger partial charge on any atom is 0.157 e. The lowest BCUT2D eigenvalue weighted by Crippen LogP contribution is -2.57. The number of fused-ring (bicyclic) bond motifs is 4. The minimum atomic E-state index is -0.854. The molecule has 2 aromatic rings. The first-order chi connectivity index (χ1) is 15.1. The molecule has 0 saturated heterocycles. The molecule has 5 heteroatoms. The van der Waals surface area contributed by atoms with Gasteiger partial charge in [-0.15, -0.1) is 0 Å². The summed E-state index contributed by atoms with van der Waals surface area (Å²) >= 11 is 0. The lowest BCUT2D eigenvalue weighted by atomic mass is 9.78. The predicted molar refractivity (Wildman–Crippen MR) is 138 cm³/mol. The molecule has 2 atom stereocenters. The fourth-order valence-corrected chi connectivity index (χ4v) is 7.76. The van der Waals surface area contributed by atoms with Crippen LogP contribution in [0.2, 0.25) is 0 Å². The quantitative estimate of drug-likeness (QED) is 0.397. The molecule has 2 aliphatic heterocycles. The summed E-state index contributed by atoms with van der Waals surface area (Å²) in [6.45, 7) is 23.2. The molecule has 0 N–H and O–H groups in total. The van der Waals surface area contributed by atoms with Crippen LogP contribution in [0, 0.1) is 5.82 Å². The van der Waals surface area contributed by atoms with E-state index < -0.39 is 8.07 Å². The highest BCUT2D eigenvalue weighted by molar-refractivity contribution is 7.63. The van der Waals surface area contributed by atoms with E-state index in [1.54, 1.807) is 12.1 Å².